The fraction of sp³-hybridized carbons (Fsp3) is 0.556. The predicted octanol–water partition coefficient (Wildman–Crippen LogP) is 2.94. The summed E-state index contributed by atoms with van der Waals surface area (Å²) in [5, 5.41) is 11.6. The van der Waals surface area contributed by atoms with E-state index in [0.29, 0.717) is 6.54 Å². The Hall–Kier alpha value is -2.28. The highest BCUT2D eigenvalue weighted by molar-refractivity contribution is 6.08. The molecule has 2 N–H and O–H groups in total. The Morgan fingerprint density at radius 2 is 2.04 bits per heavy atom. The van der Waals surface area contributed by atoms with E-state index < -0.39 is 0 Å². The van der Waals surface area contributed by atoms with Crippen LogP contribution in [-0.4, -0.2) is 46.2 Å². The molecule has 1 fully saturated rings. The van der Waals surface area contributed by atoms with Crippen LogP contribution in [-0.2, 0) is 13.6 Å². The summed E-state index contributed by atoms with van der Waals surface area (Å²) in [6.07, 6.45) is 5.74. The zero-order valence-electron chi connectivity index (χ0n) is 15.5. The molecular formula is C18H28N6O. The van der Waals surface area contributed by atoms with Crippen LogP contribution in [0.15, 0.2) is 34.0 Å². The quantitative estimate of drug-likeness (QED) is 0.876. The maximum atomic E-state index is 5.41. The topological polar surface area (TPSA) is 70.6 Å². The lowest BCUT2D eigenvalue weighted by atomic mass is 9.84. The first-order valence-corrected chi connectivity index (χ1v) is 8.99. The molecular weight excluding hydrogens is 316 g/mol. The molecule has 0 bridgehead atoms. The Balaban J connectivity index is 0.000000880. The number of aromatic nitrogens is 2. The van der Waals surface area contributed by atoms with Crippen molar-refractivity contribution >= 4 is 17.3 Å². The number of nitrogens with one attached hydrogen (secondary N) is 2. The van der Waals surface area contributed by atoms with Gasteiger partial charge in [0, 0.05) is 20.1 Å². The molecule has 7 nitrogen and oxygen atoms in total. The summed E-state index contributed by atoms with van der Waals surface area (Å²) in [5.41, 5.74) is 0.906. The molecule has 0 amide bonds. The van der Waals surface area contributed by atoms with Gasteiger partial charge in [0.2, 0.25) is 0 Å². The fourth-order valence-corrected chi connectivity index (χ4v) is 3.33. The summed E-state index contributed by atoms with van der Waals surface area (Å²) >= 11 is 0. The molecule has 25 heavy (non-hydrogen) atoms. The number of hydrogen-bond acceptors (Lipinski definition) is 5. The number of piperidine rings is 1. The van der Waals surface area contributed by atoms with E-state index >= 15 is 0 Å². The highest BCUT2D eigenvalue weighted by atomic mass is 16.3. The van der Waals surface area contributed by atoms with Crippen LogP contribution in [0.1, 0.15) is 32.4 Å². The number of furan rings is 1. The molecule has 0 saturated carbocycles. The van der Waals surface area contributed by atoms with Crippen molar-refractivity contribution in [1.29, 1.82) is 0 Å². The molecule has 0 atom stereocenters. The van der Waals surface area contributed by atoms with E-state index in [1.54, 1.807) is 6.26 Å². The van der Waals surface area contributed by atoms with E-state index in [1.165, 1.54) is 0 Å². The standard InChI is InChI=1S/C16H22N6O.C2H6/c1-21-7-5-16(6-8-21)15(17-10-12-4-3-9-23-12)18-14-13(19-16)11-22(2)20-14;1-2/h3-4,9,11,19H,5-8,10H2,1-2H3,(H,17,18,20);1-2H3. The Labute approximate surface area is 149 Å². The van der Waals surface area contributed by atoms with Crippen molar-refractivity contribution in [2.24, 2.45) is 12.0 Å². The molecule has 1 spiro atoms. The molecule has 136 valence electrons. The van der Waals surface area contributed by atoms with Crippen molar-refractivity contribution in [2.45, 2.75) is 38.8 Å². The predicted molar refractivity (Wildman–Crippen MR) is 101 cm³/mol. The van der Waals surface area contributed by atoms with Crippen LogP contribution in [0.2, 0.25) is 0 Å². The maximum Gasteiger partial charge on any atom is 0.176 e. The van der Waals surface area contributed by atoms with E-state index in [9.17, 15) is 0 Å². The average Bonchev–Trinajstić information content (AvgIpc) is 3.25. The van der Waals surface area contributed by atoms with Crippen LogP contribution in [0.3, 0.4) is 0 Å². The van der Waals surface area contributed by atoms with E-state index in [2.05, 4.69) is 27.7 Å². The monoisotopic (exact) mass is 344 g/mol. The highest BCUT2D eigenvalue weighted by Gasteiger charge is 2.42. The number of fused-ring (bicyclic) bond motifs is 1. The molecule has 0 unspecified atom stereocenters. The summed E-state index contributed by atoms with van der Waals surface area (Å²) in [7, 11) is 4.10. The number of rotatable bonds is 2. The van der Waals surface area contributed by atoms with Gasteiger partial charge in [0.25, 0.3) is 0 Å². The van der Waals surface area contributed by atoms with Crippen molar-refractivity contribution < 1.29 is 4.42 Å². The van der Waals surface area contributed by atoms with Crippen LogP contribution >= 0.6 is 0 Å². The van der Waals surface area contributed by atoms with E-state index in [-0.39, 0.29) is 5.54 Å². The van der Waals surface area contributed by atoms with Gasteiger partial charge in [-0.1, -0.05) is 13.8 Å². The average molecular weight is 344 g/mol. The molecule has 2 aliphatic heterocycles. The van der Waals surface area contributed by atoms with Gasteiger partial charge in [0.1, 0.15) is 11.6 Å². The minimum atomic E-state index is -0.144. The Bertz CT molecular complexity index is 710. The molecule has 0 aliphatic carbocycles. The van der Waals surface area contributed by atoms with Crippen molar-refractivity contribution in [3.05, 3.63) is 30.4 Å². The zero-order valence-corrected chi connectivity index (χ0v) is 15.5. The van der Waals surface area contributed by atoms with Crippen molar-refractivity contribution in [1.82, 2.24) is 14.7 Å². The summed E-state index contributed by atoms with van der Waals surface area (Å²) in [4.78, 5) is 7.17. The molecule has 7 heteroatoms. The van der Waals surface area contributed by atoms with Crippen LogP contribution in [0.5, 0.6) is 0 Å². The lowest BCUT2D eigenvalue weighted by Crippen LogP contribution is -2.58. The molecule has 0 aromatic carbocycles. The first-order valence-electron chi connectivity index (χ1n) is 8.99. The number of amidine groups is 1. The minimum absolute atomic E-state index is 0.144. The first-order chi connectivity index (χ1) is 12.1. The second-order valence-corrected chi connectivity index (χ2v) is 6.44. The van der Waals surface area contributed by atoms with Crippen LogP contribution in [0.4, 0.5) is 11.5 Å². The molecule has 4 heterocycles. The molecule has 0 radical (unpaired) electrons. The third-order valence-corrected chi connectivity index (χ3v) is 4.71. The van der Waals surface area contributed by atoms with Crippen LogP contribution < -0.4 is 10.6 Å². The Morgan fingerprint density at radius 1 is 1.28 bits per heavy atom. The Kier molecular flexibility index (Phi) is 5.13. The lowest BCUT2D eigenvalue weighted by Gasteiger charge is -2.44. The molecule has 2 aromatic rings. The van der Waals surface area contributed by atoms with Crippen molar-refractivity contribution in [3.8, 4) is 0 Å². The van der Waals surface area contributed by atoms with Gasteiger partial charge in [0.15, 0.2) is 5.82 Å². The molecule has 4 rings (SSSR count). The number of anilines is 2. The number of aryl methyl sites for hydroxylation is 1. The minimum Gasteiger partial charge on any atom is -0.467 e. The fourth-order valence-electron chi connectivity index (χ4n) is 3.33. The second kappa shape index (κ2) is 7.31. The van der Waals surface area contributed by atoms with Gasteiger partial charge in [-0.2, -0.15) is 5.10 Å². The maximum absolute atomic E-state index is 5.41. The largest absolute Gasteiger partial charge is 0.467 e. The van der Waals surface area contributed by atoms with E-state index in [0.717, 1.165) is 49.0 Å². The van der Waals surface area contributed by atoms with E-state index in [4.69, 9.17) is 9.41 Å². The zero-order chi connectivity index (χ0) is 17.9. The van der Waals surface area contributed by atoms with Crippen LogP contribution in [0.25, 0.3) is 0 Å². The van der Waals surface area contributed by atoms with E-state index in [1.807, 2.05) is 43.9 Å². The summed E-state index contributed by atoms with van der Waals surface area (Å²) in [5.74, 6) is 2.68. The first kappa shape index (κ1) is 17.5. The second-order valence-electron chi connectivity index (χ2n) is 6.44. The molecule has 2 aliphatic rings. The van der Waals surface area contributed by atoms with Gasteiger partial charge in [-0.3, -0.25) is 9.67 Å². The molecule has 1 saturated heterocycles. The number of nitrogens with zero attached hydrogens (tertiary/aromatic N) is 4. The van der Waals surface area contributed by atoms with Gasteiger partial charge >= 0.3 is 0 Å². The van der Waals surface area contributed by atoms with Crippen molar-refractivity contribution in [2.75, 3.05) is 30.8 Å². The highest BCUT2D eigenvalue weighted by Crippen LogP contribution is 2.36. The smallest absolute Gasteiger partial charge is 0.176 e. The number of hydrogen-bond donors (Lipinski definition) is 2. The molecule has 2 aromatic heterocycles. The summed E-state index contributed by atoms with van der Waals surface area (Å²) in [6.45, 7) is 6.63. The number of likely N-dealkylation sites (tertiary alicyclic amines) is 1. The summed E-state index contributed by atoms with van der Waals surface area (Å²) < 4.78 is 7.23. The normalized spacial score (nSPS) is 20.4. The van der Waals surface area contributed by atoms with Gasteiger partial charge in [-0.15, -0.1) is 0 Å². The van der Waals surface area contributed by atoms with Crippen LogP contribution in [0, 0.1) is 0 Å². The Morgan fingerprint density at radius 3 is 2.72 bits per heavy atom. The van der Waals surface area contributed by atoms with Gasteiger partial charge in [-0.25, -0.2) is 0 Å². The number of aliphatic imine (C=N–C) groups is 1. The van der Waals surface area contributed by atoms with Gasteiger partial charge in [-0.05, 0) is 32.0 Å². The lowest BCUT2D eigenvalue weighted by molar-refractivity contribution is 0.240. The third-order valence-electron chi connectivity index (χ3n) is 4.71. The van der Waals surface area contributed by atoms with Gasteiger partial charge in [0.05, 0.1) is 30.2 Å². The third kappa shape index (κ3) is 3.56. The summed E-state index contributed by atoms with van der Waals surface area (Å²) in [6, 6.07) is 3.85. The van der Waals surface area contributed by atoms with Crippen molar-refractivity contribution in [3.63, 3.8) is 0 Å². The SMILES string of the molecule is CC.CN1CCC2(CC1)Nc1cn(C)nc1NC2=NCc1ccco1. The van der Waals surface area contributed by atoms with Gasteiger partial charge < -0.3 is 20.0 Å².